The summed E-state index contributed by atoms with van der Waals surface area (Å²) < 4.78 is 16.5. The third-order valence-electron chi connectivity index (χ3n) is 2.87. The Morgan fingerprint density at radius 1 is 1.42 bits per heavy atom. The fraction of sp³-hybridized carbons (Fsp3) is 0.308. The van der Waals surface area contributed by atoms with E-state index in [4.69, 9.17) is 0 Å². The van der Waals surface area contributed by atoms with Crippen LogP contribution in [0.5, 0.6) is 0 Å². The van der Waals surface area contributed by atoms with Crippen molar-refractivity contribution in [3.63, 3.8) is 0 Å². The summed E-state index contributed by atoms with van der Waals surface area (Å²) in [5.41, 5.74) is 1.62. The molecule has 0 radical (unpaired) electrons. The van der Waals surface area contributed by atoms with Crippen LogP contribution in [0.25, 0.3) is 0 Å². The first-order valence-electron chi connectivity index (χ1n) is 5.90. The van der Waals surface area contributed by atoms with Crippen molar-refractivity contribution in [3.05, 3.63) is 46.2 Å². The average molecular weight is 279 g/mol. The highest BCUT2D eigenvalue weighted by atomic mass is 32.1. The molecule has 4 nitrogen and oxygen atoms in total. The number of nitrogens with zero attached hydrogens (tertiary/aromatic N) is 2. The Morgan fingerprint density at radius 3 is 2.68 bits per heavy atom. The van der Waals surface area contributed by atoms with Crippen LogP contribution < -0.4 is 5.32 Å². The number of amides is 1. The number of benzene rings is 1. The first-order valence-corrected chi connectivity index (χ1v) is 6.68. The molecule has 1 unspecified atom stereocenters. The Morgan fingerprint density at radius 2 is 2.11 bits per heavy atom. The molecular formula is C13H14FN3OS. The summed E-state index contributed by atoms with van der Waals surface area (Å²) in [6.45, 7) is 4.22. The predicted octanol–water partition coefficient (Wildman–Crippen LogP) is 2.52. The molecular weight excluding hydrogens is 265 g/mol. The average Bonchev–Trinajstić information content (AvgIpc) is 2.83. The van der Waals surface area contributed by atoms with E-state index < -0.39 is 0 Å². The normalized spacial score (nSPS) is 12.2. The topological polar surface area (TPSA) is 54.9 Å². The maximum atomic E-state index is 12.8. The Kier molecular flexibility index (Phi) is 4.21. The summed E-state index contributed by atoms with van der Waals surface area (Å²) in [6, 6.07) is 6.30. The van der Waals surface area contributed by atoms with Gasteiger partial charge in [0.25, 0.3) is 5.91 Å². The number of rotatable bonds is 4. The van der Waals surface area contributed by atoms with Crippen molar-refractivity contribution >= 4 is 17.4 Å². The van der Waals surface area contributed by atoms with Crippen LogP contribution in [0.4, 0.5) is 4.39 Å². The number of aryl methyl sites for hydroxylation is 1. The zero-order valence-corrected chi connectivity index (χ0v) is 11.5. The second-order valence-corrected chi connectivity index (χ2v) is 5.10. The van der Waals surface area contributed by atoms with E-state index in [2.05, 4.69) is 14.9 Å². The SMILES string of the molecule is Cc1nnsc1C(=O)NCC(C)c1ccc(F)cc1. The van der Waals surface area contributed by atoms with Gasteiger partial charge in [-0.15, -0.1) is 5.10 Å². The Balaban J connectivity index is 1.94. The first kappa shape index (κ1) is 13.6. The van der Waals surface area contributed by atoms with E-state index in [1.54, 1.807) is 19.1 Å². The van der Waals surface area contributed by atoms with Gasteiger partial charge in [-0.25, -0.2) is 4.39 Å². The molecule has 2 aromatic rings. The Labute approximate surface area is 114 Å². The van der Waals surface area contributed by atoms with Crippen molar-refractivity contribution in [2.45, 2.75) is 19.8 Å². The van der Waals surface area contributed by atoms with Crippen LogP contribution in [0.3, 0.4) is 0 Å². The molecule has 0 bridgehead atoms. The molecule has 6 heteroatoms. The Bertz CT molecular complexity index is 568. The Hall–Kier alpha value is -1.82. The van der Waals surface area contributed by atoms with Crippen molar-refractivity contribution < 1.29 is 9.18 Å². The van der Waals surface area contributed by atoms with E-state index in [-0.39, 0.29) is 17.6 Å². The molecule has 1 heterocycles. The number of halogens is 1. The third kappa shape index (κ3) is 3.35. The molecule has 19 heavy (non-hydrogen) atoms. The van der Waals surface area contributed by atoms with E-state index in [0.29, 0.717) is 17.1 Å². The van der Waals surface area contributed by atoms with Gasteiger partial charge in [-0.2, -0.15) is 0 Å². The van der Waals surface area contributed by atoms with E-state index in [0.717, 1.165) is 17.1 Å². The van der Waals surface area contributed by atoms with E-state index in [9.17, 15) is 9.18 Å². The molecule has 0 saturated carbocycles. The van der Waals surface area contributed by atoms with Gasteiger partial charge in [0.15, 0.2) is 0 Å². The van der Waals surface area contributed by atoms with E-state index in [1.807, 2.05) is 6.92 Å². The lowest BCUT2D eigenvalue weighted by Gasteiger charge is -2.12. The monoisotopic (exact) mass is 279 g/mol. The molecule has 0 aliphatic carbocycles. The van der Waals surface area contributed by atoms with E-state index >= 15 is 0 Å². The maximum Gasteiger partial charge on any atom is 0.264 e. The summed E-state index contributed by atoms with van der Waals surface area (Å²) in [5, 5.41) is 6.64. The van der Waals surface area contributed by atoms with Gasteiger partial charge in [0.1, 0.15) is 10.7 Å². The number of hydrogen-bond acceptors (Lipinski definition) is 4. The summed E-state index contributed by atoms with van der Waals surface area (Å²) in [4.78, 5) is 12.4. The molecule has 1 amide bonds. The predicted molar refractivity (Wildman–Crippen MR) is 71.8 cm³/mol. The van der Waals surface area contributed by atoms with Gasteiger partial charge in [0.05, 0.1) is 5.69 Å². The molecule has 0 saturated heterocycles. The number of carbonyl (C=O) groups excluding carboxylic acids is 1. The number of hydrogen-bond donors (Lipinski definition) is 1. The van der Waals surface area contributed by atoms with Crippen LogP contribution in [-0.4, -0.2) is 22.0 Å². The van der Waals surface area contributed by atoms with Gasteiger partial charge in [0.2, 0.25) is 0 Å². The van der Waals surface area contributed by atoms with Crippen molar-refractivity contribution in [1.29, 1.82) is 0 Å². The second kappa shape index (κ2) is 5.88. The third-order valence-corrected chi connectivity index (χ3v) is 3.69. The zero-order valence-electron chi connectivity index (χ0n) is 10.7. The lowest BCUT2D eigenvalue weighted by atomic mass is 10.0. The lowest BCUT2D eigenvalue weighted by molar-refractivity contribution is 0.0955. The standard InChI is InChI=1S/C13H14FN3OS/c1-8(10-3-5-11(14)6-4-10)7-15-13(18)12-9(2)16-17-19-12/h3-6,8H,7H2,1-2H3,(H,15,18). The highest BCUT2D eigenvalue weighted by molar-refractivity contribution is 7.07. The van der Waals surface area contributed by atoms with Crippen molar-refractivity contribution in [3.8, 4) is 0 Å². The summed E-state index contributed by atoms with van der Waals surface area (Å²) >= 11 is 1.08. The molecule has 2 rings (SSSR count). The molecule has 1 atom stereocenters. The second-order valence-electron chi connectivity index (χ2n) is 4.35. The van der Waals surface area contributed by atoms with Crippen molar-refractivity contribution in [2.75, 3.05) is 6.54 Å². The quantitative estimate of drug-likeness (QED) is 0.935. The van der Waals surface area contributed by atoms with E-state index in [1.165, 1.54) is 12.1 Å². The van der Waals surface area contributed by atoms with Gasteiger partial charge in [0, 0.05) is 6.54 Å². The van der Waals surface area contributed by atoms with Crippen molar-refractivity contribution in [1.82, 2.24) is 14.9 Å². The van der Waals surface area contributed by atoms with Gasteiger partial charge in [-0.3, -0.25) is 4.79 Å². The zero-order chi connectivity index (χ0) is 13.8. The summed E-state index contributed by atoms with van der Waals surface area (Å²) in [7, 11) is 0. The molecule has 0 aliphatic heterocycles. The van der Waals surface area contributed by atoms with Crippen LogP contribution in [0.15, 0.2) is 24.3 Å². The molecule has 0 aliphatic rings. The van der Waals surface area contributed by atoms with Gasteiger partial charge >= 0.3 is 0 Å². The number of carbonyl (C=O) groups is 1. The molecule has 1 aromatic heterocycles. The van der Waals surface area contributed by atoms with Crippen LogP contribution in [-0.2, 0) is 0 Å². The van der Waals surface area contributed by atoms with Crippen LogP contribution in [0.2, 0.25) is 0 Å². The molecule has 100 valence electrons. The number of nitrogens with one attached hydrogen (secondary N) is 1. The minimum absolute atomic E-state index is 0.116. The van der Waals surface area contributed by atoms with Crippen LogP contribution >= 0.6 is 11.5 Å². The maximum absolute atomic E-state index is 12.8. The molecule has 1 aromatic carbocycles. The summed E-state index contributed by atoms with van der Waals surface area (Å²) in [5.74, 6) is -0.307. The fourth-order valence-corrected chi connectivity index (χ4v) is 2.25. The first-order chi connectivity index (χ1) is 9.08. The lowest BCUT2D eigenvalue weighted by Crippen LogP contribution is -2.27. The summed E-state index contributed by atoms with van der Waals surface area (Å²) in [6.07, 6.45) is 0. The van der Waals surface area contributed by atoms with Crippen LogP contribution in [0, 0.1) is 12.7 Å². The molecule has 0 spiro atoms. The van der Waals surface area contributed by atoms with Gasteiger partial charge in [-0.05, 0) is 42.1 Å². The minimum atomic E-state index is -0.258. The highest BCUT2D eigenvalue weighted by Crippen LogP contribution is 2.15. The molecule has 0 fully saturated rings. The van der Waals surface area contributed by atoms with Gasteiger partial charge in [-0.1, -0.05) is 23.5 Å². The largest absolute Gasteiger partial charge is 0.351 e. The number of aromatic nitrogens is 2. The van der Waals surface area contributed by atoms with Gasteiger partial charge < -0.3 is 5.32 Å². The molecule has 1 N–H and O–H groups in total. The van der Waals surface area contributed by atoms with Crippen LogP contribution in [0.1, 0.15) is 33.8 Å². The minimum Gasteiger partial charge on any atom is -0.351 e. The van der Waals surface area contributed by atoms with Crippen molar-refractivity contribution in [2.24, 2.45) is 0 Å². The smallest absolute Gasteiger partial charge is 0.264 e. The highest BCUT2D eigenvalue weighted by Gasteiger charge is 2.14. The fourth-order valence-electron chi connectivity index (χ4n) is 1.67.